The lowest BCUT2D eigenvalue weighted by atomic mass is 9.97. The van der Waals surface area contributed by atoms with E-state index in [1.807, 2.05) is 18.3 Å². The van der Waals surface area contributed by atoms with Gasteiger partial charge in [0.2, 0.25) is 5.91 Å². The summed E-state index contributed by atoms with van der Waals surface area (Å²) >= 11 is 4.99. The molecule has 2 heterocycles. The fraction of sp³-hybridized carbons (Fsp3) is 0.375. The summed E-state index contributed by atoms with van der Waals surface area (Å²) in [6, 6.07) is 8.26. The van der Waals surface area contributed by atoms with Crippen molar-refractivity contribution in [2.24, 2.45) is 5.92 Å². The van der Waals surface area contributed by atoms with Gasteiger partial charge in [-0.25, -0.2) is 4.98 Å². The largest absolute Gasteiger partial charge is 0.317 e. The summed E-state index contributed by atoms with van der Waals surface area (Å²) < 4.78 is 1.08. The van der Waals surface area contributed by atoms with E-state index >= 15 is 0 Å². The number of hydrogen-bond donors (Lipinski definition) is 2. The summed E-state index contributed by atoms with van der Waals surface area (Å²) in [5, 5.41) is 6.94. The first-order chi connectivity index (χ1) is 10.7. The highest BCUT2D eigenvalue weighted by molar-refractivity contribution is 9.10. The Hall–Kier alpha value is -1.24. The number of benzene rings is 1. The van der Waals surface area contributed by atoms with Crippen LogP contribution in [0, 0.1) is 5.92 Å². The number of rotatable bonds is 4. The number of piperidine rings is 1. The van der Waals surface area contributed by atoms with Crippen LogP contribution in [0.25, 0.3) is 0 Å². The van der Waals surface area contributed by atoms with Gasteiger partial charge in [-0.3, -0.25) is 4.79 Å². The number of carbonyl (C=O) groups excluding carboxylic acids is 1. The lowest BCUT2D eigenvalue weighted by Gasteiger charge is -2.20. The van der Waals surface area contributed by atoms with Crippen molar-refractivity contribution in [1.82, 2.24) is 10.3 Å². The Kier molecular flexibility index (Phi) is 5.23. The maximum Gasteiger partial charge on any atom is 0.229 e. The minimum atomic E-state index is 0.103. The second-order valence-electron chi connectivity index (χ2n) is 5.45. The second kappa shape index (κ2) is 7.35. The zero-order valence-corrected chi connectivity index (χ0v) is 14.5. The van der Waals surface area contributed by atoms with E-state index in [0.717, 1.165) is 41.7 Å². The molecule has 1 aromatic carbocycles. The molecule has 3 rings (SSSR count). The molecule has 0 radical (unpaired) electrons. The zero-order chi connectivity index (χ0) is 15.4. The van der Waals surface area contributed by atoms with Crippen LogP contribution in [0.15, 0.2) is 34.9 Å². The molecule has 0 atom stereocenters. The number of nitrogens with one attached hydrogen (secondary N) is 2. The average molecular weight is 380 g/mol. The van der Waals surface area contributed by atoms with E-state index < -0.39 is 0 Å². The molecule has 22 heavy (non-hydrogen) atoms. The SMILES string of the molecule is O=C(Nc1ncc(Cc2ccc(Br)cc2)s1)C1CCNCC1. The van der Waals surface area contributed by atoms with Gasteiger partial charge < -0.3 is 10.6 Å². The molecule has 1 aromatic heterocycles. The van der Waals surface area contributed by atoms with Crippen LogP contribution >= 0.6 is 27.3 Å². The Morgan fingerprint density at radius 1 is 1.32 bits per heavy atom. The third kappa shape index (κ3) is 4.15. The molecule has 0 saturated carbocycles. The molecular weight excluding hydrogens is 362 g/mol. The first-order valence-electron chi connectivity index (χ1n) is 7.41. The van der Waals surface area contributed by atoms with E-state index in [-0.39, 0.29) is 11.8 Å². The van der Waals surface area contributed by atoms with E-state index in [2.05, 4.69) is 43.7 Å². The molecule has 1 fully saturated rings. The summed E-state index contributed by atoms with van der Waals surface area (Å²) in [5.41, 5.74) is 1.24. The Morgan fingerprint density at radius 2 is 2.05 bits per heavy atom. The van der Waals surface area contributed by atoms with Crippen LogP contribution in [0.5, 0.6) is 0 Å². The monoisotopic (exact) mass is 379 g/mol. The van der Waals surface area contributed by atoms with Crippen LogP contribution in [0.4, 0.5) is 5.13 Å². The predicted molar refractivity (Wildman–Crippen MR) is 93.3 cm³/mol. The van der Waals surface area contributed by atoms with Gasteiger partial charge in [0.1, 0.15) is 0 Å². The van der Waals surface area contributed by atoms with Gasteiger partial charge in [-0.15, -0.1) is 11.3 Å². The number of nitrogens with zero attached hydrogens (tertiary/aromatic N) is 1. The summed E-state index contributed by atoms with van der Waals surface area (Å²) in [6.45, 7) is 1.84. The predicted octanol–water partition coefficient (Wildman–Crippen LogP) is 3.43. The van der Waals surface area contributed by atoms with E-state index in [1.54, 1.807) is 11.3 Å². The third-order valence-electron chi connectivity index (χ3n) is 3.79. The molecule has 2 N–H and O–H groups in total. The fourth-order valence-electron chi connectivity index (χ4n) is 2.54. The number of anilines is 1. The molecular formula is C16H18BrN3OS. The van der Waals surface area contributed by atoms with Crippen molar-refractivity contribution in [3.63, 3.8) is 0 Å². The van der Waals surface area contributed by atoms with Crippen molar-refractivity contribution >= 4 is 38.3 Å². The summed E-state index contributed by atoms with van der Waals surface area (Å²) in [7, 11) is 0. The van der Waals surface area contributed by atoms with Crippen LogP contribution in [-0.2, 0) is 11.2 Å². The quantitative estimate of drug-likeness (QED) is 0.855. The Bertz CT molecular complexity index is 635. The van der Waals surface area contributed by atoms with Gasteiger partial charge in [-0.2, -0.15) is 0 Å². The number of amides is 1. The molecule has 2 aromatic rings. The molecule has 0 spiro atoms. The standard InChI is InChI=1S/C16H18BrN3OS/c17-13-3-1-11(2-4-13)9-14-10-19-16(22-14)20-15(21)12-5-7-18-8-6-12/h1-4,10,12,18H,5-9H2,(H,19,20,21). The molecule has 0 unspecified atom stereocenters. The van der Waals surface area contributed by atoms with E-state index in [0.29, 0.717) is 5.13 Å². The molecule has 1 saturated heterocycles. The summed E-state index contributed by atoms with van der Waals surface area (Å²) in [5.74, 6) is 0.214. The van der Waals surface area contributed by atoms with Crippen LogP contribution in [0.2, 0.25) is 0 Å². The summed E-state index contributed by atoms with van der Waals surface area (Å²) in [6.07, 6.45) is 4.50. The van der Waals surface area contributed by atoms with Crippen LogP contribution in [-0.4, -0.2) is 24.0 Å². The van der Waals surface area contributed by atoms with Crippen molar-refractivity contribution in [3.8, 4) is 0 Å². The van der Waals surface area contributed by atoms with Crippen LogP contribution in [0.1, 0.15) is 23.3 Å². The lowest BCUT2D eigenvalue weighted by Crippen LogP contribution is -2.34. The number of halogens is 1. The molecule has 116 valence electrons. The van der Waals surface area contributed by atoms with Crippen LogP contribution in [0.3, 0.4) is 0 Å². The molecule has 4 nitrogen and oxygen atoms in total. The van der Waals surface area contributed by atoms with E-state index in [9.17, 15) is 4.79 Å². The van der Waals surface area contributed by atoms with Gasteiger partial charge in [-0.1, -0.05) is 28.1 Å². The van der Waals surface area contributed by atoms with Gasteiger partial charge in [0.25, 0.3) is 0 Å². The molecule has 1 aliphatic heterocycles. The highest BCUT2D eigenvalue weighted by Crippen LogP contribution is 2.23. The molecule has 0 aliphatic carbocycles. The molecule has 0 bridgehead atoms. The first kappa shape index (κ1) is 15.6. The zero-order valence-electron chi connectivity index (χ0n) is 12.1. The smallest absolute Gasteiger partial charge is 0.229 e. The minimum Gasteiger partial charge on any atom is -0.317 e. The van der Waals surface area contributed by atoms with E-state index in [1.165, 1.54) is 5.56 Å². The average Bonchev–Trinajstić information content (AvgIpc) is 2.97. The highest BCUT2D eigenvalue weighted by atomic mass is 79.9. The number of aromatic nitrogens is 1. The van der Waals surface area contributed by atoms with Crippen molar-refractivity contribution in [2.75, 3.05) is 18.4 Å². The fourth-order valence-corrected chi connectivity index (χ4v) is 3.66. The van der Waals surface area contributed by atoms with Crippen molar-refractivity contribution in [2.45, 2.75) is 19.3 Å². The van der Waals surface area contributed by atoms with Crippen molar-refractivity contribution in [1.29, 1.82) is 0 Å². The van der Waals surface area contributed by atoms with Gasteiger partial charge in [0.15, 0.2) is 5.13 Å². The van der Waals surface area contributed by atoms with Crippen molar-refractivity contribution < 1.29 is 4.79 Å². The second-order valence-corrected chi connectivity index (χ2v) is 7.48. The van der Waals surface area contributed by atoms with Gasteiger partial charge >= 0.3 is 0 Å². The maximum absolute atomic E-state index is 12.2. The topological polar surface area (TPSA) is 54.0 Å². The minimum absolute atomic E-state index is 0.103. The third-order valence-corrected chi connectivity index (χ3v) is 5.23. The summed E-state index contributed by atoms with van der Waals surface area (Å²) in [4.78, 5) is 17.7. The maximum atomic E-state index is 12.2. The van der Waals surface area contributed by atoms with Crippen molar-refractivity contribution in [3.05, 3.63) is 45.4 Å². The van der Waals surface area contributed by atoms with E-state index in [4.69, 9.17) is 0 Å². The van der Waals surface area contributed by atoms with Gasteiger partial charge in [0.05, 0.1) is 0 Å². The van der Waals surface area contributed by atoms with Gasteiger partial charge in [0, 0.05) is 27.9 Å². The highest BCUT2D eigenvalue weighted by Gasteiger charge is 2.21. The molecule has 1 amide bonds. The first-order valence-corrected chi connectivity index (χ1v) is 9.02. The Balaban J connectivity index is 1.58. The van der Waals surface area contributed by atoms with Gasteiger partial charge in [-0.05, 0) is 43.6 Å². The Morgan fingerprint density at radius 3 is 2.77 bits per heavy atom. The number of hydrogen-bond acceptors (Lipinski definition) is 4. The Labute approximate surface area is 142 Å². The number of thiazole rings is 1. The lowest BCUT2D eigenvalue weighted by molar-refractivity contribution is -0.120. The number of carbonyl (C=O) groups is 1. The molecule has 6 heteroatoms. The molecule has 1 aliphatic rings. The normalized spacial score (nSPS) is 15.7. The van der Waals surface area contributed by atoms with Crippen LogP contribution < -0.4 is 10.6 Å².